The average Bonchev–Trinajstić information content (AvgIpc) is 2.54. The summed E-state index contributed by atoms with van der Waals surface area (Å²) >= 11 is 0. The summed E-state index contributed by atoms with van der Waals surface area (Å²) in [5, 5.41) is 0. The predicted octanol–water partition coefficient (Wildman–Crippen LogP) is 4.90. The Kier molecular flexibility index (Phi) is 6.01. The van der Waals surface area contributed by atoms with Crippen molar-refractivity contribution in [2.45, 2.75) is 52.6 Å². The Labute approximate surface area is 154 Å². The summed E-state index contributed by atoms with van der Waals surface area (Å²) in [4.78, 5) is 16.5. The van der Waals surface area contributed by atoms with Crippen LogP contribution in [0.25, 0.3) is 11.1 Å². The quantitative estimate of drug-likeness (QED) is 0.712. The van der Waals surface area contributed by atoms with Gasteiger partial charge in [-0.15, -0.1) is 0 Å². The third-order valence-electron chi connectivity index (χ3n) is 3.87. The molecule has 5 heteroatoms. The van der Waals surface area contributed by atoms with Crippen LogP contribution in [-0.2, 0) is 16.0 Å². The molecule has 26 heavy (non-hydrogen) atoms. The van der Waals surface area contributed by atoms with E-state index in [1.807, 2.05) is 34.6 Å². The van der Waals surface area contributed by atoms with E-state index >= 15 is 0 Å². The van der Waals surface area contributed by atoms with Crippen molar-refractivity contribution in [2.75, 3.05) is 7.11 Å². The third kappa shape index (κ3) is 5.04. The van der Waals surface area contributed by atoms with Gasteiger partial charge >= 0.3 is 5.97 Å². The molecule has 0 aliphatic carbocycles. The Balaban J connectivity index is 2.57. The van der Waals surface area contributed by atoms with Crippen molar-refractivity contribution in [1.29, 1.82) is 0 Å². The minimum absolute atomic E-state index is 0.0608. The summed E-state index contributed by atoms with van der Waals surface area (Å²) in [6.07, 6.45) is 1.68. The van der Waals surface area contributed by atoms with Gasteiger partial charge in [-0.2, -0.15) is 0 Å². The predicted molar refractivity (Wildman–Crippen MR) is 99.8 cm³/mol. The standard InChI is InChI=1S/C21H26FNO3/c1-13(2)16-10-15(22)11-17(14-7-8-23-19(9-14)25-6)18(16)12-20(24)26-21(3,4)5/h7-11,13H,12H2,1-6H3. The van der Waals surface area contributed by atoms with Crippen LogP contribution < -0.4 is 4.74 Å². The summed E-state index contributed by atoms with van der Waals surface area (Å²) < 4.78 is 24.9. The number of nitrogens with zero attached hydrogens (tertiary/aromatic N) is 1. The monoisotopic (exact) mass is 359 g/mol. The number of esters is 1. The Morgan fingerprint density at radius 2 is 1.92 bits per heavy atom. The maximum atomic E-state index is 14.3. The Morgan fingerprint density at radius 1 is 1.23 bits per heavy atom. The number of ether oxygens (including phenoxy) is 2. The van der Waals surface area contributed by atoms with Crippen LogP contribution in [0, 0.1) is 5.82 Å². The number of carbonyl (C=O) groups is 1. The fourth-order valence-corrected chi connectivity index (χ4v) is 2.84. The fourth-order valence-electron chi connectivity index (χ4n) is 2.84. The molecule has 0 fully saturated rings. The highest BCUT2D eigenvalue weighted by Gasteiger charge is 2.22. The highest BCUT2D eigenvalue weighted by Crippen LogP contribution is 2.33. The minimum Gasteiger partial charge on any atom is -0.481 e. The van der Waals surface area contributed by atoms with E-state index in [2.05, 4.69) is 4.98 Å². The zero-order chi connectivity index (χ0) is 19.5. The SMILES string of the molecule is COc1cc(-c2cc(F)cc(C(C)C)c2CC(=O)OC(C)(C)C)ccn1. The van der Waals surface area contributed by atoms with E-state index < -0.39 is 5.60 Å². The lowest BCUT2D eigenvalue weighted by molar-refractivity contribution is -0.153. The van der Waals surface area contributed by atoms with Crippen molar-refractivity contribution in [3.05, 3.63) is 47.4 Å². The van der Waals surface area contributed by atoms with Gasteiger partial charge in [0.15, 0.2) is 0 Å². The molecule has 0 spiro atoms. The second-order valence-corrected chi connectivity index (χ2v) is 7.53. The Morgan fingerprint density at radius 3 is 2.50 bits per heavy atom. The number of carbonyl (C=O) groups excluding carboxylic acids is 1. The molecule has 0 saturated heterocycles. The number of hydrogen-bond donors (Lipinski definition) is 0. The van der Waals surface area contributed by atoms with Crippen LogP contribution in [0.5, 0.6) is 5.88 Å². The Hall–Kier alpha value is -2.43. The van der Waals surface area contributed by atoms with E-state index in [-0.39, 0.29) is 24.1 Å². The lowest BCUT2D eigenvalue weighted by Gasteiger charge is -2.22. The van der Waals surface area contributed by atoms with Gasteiger partial charge in [-0.25, -0.2) is 9.37 Å². The maximum Gasteiger partial charge on any atom is 0.310 e. The molecule has 1 aromatic heterocycles. The molecule has 1 aromatic carbocycles. The number of hydrogen-bond acceptors (Lipinski definition) is 4. The molecule has 0 amide bonds. The number of benzene rings is 1. The van der Waals surface area contributed by atoms with Crippen LogP contribution in [-0.4, -0.2) is 23.7 Å². The van der Waals surface area contributed by atoms with E-state index in [9.17, 15) is 9.18 Å². The fraction of sp³-hybridized carbons (Fsp3) is 0.429. The van der Waals surface area contributed by atoms with Gasteiger partial charge in [0, 0.05) is 12.3 Å². The van der Waals surface area contributed by atoms with Crippen LogP contribution >= 0.6 is 0 Å². The maximum absolute atomic E-state index is 14.3. The van der Waals surface area contributed by atoms with Gasteiger partial charge in [-0.3, -0.25) is 4.79 Å². The number of methoxy groups -OCH3 is 1. The molecular formula is C21H26FNO3. The lowest BCUT2D eigenvalue weighted by atomic mass is 9.88. The van der Waals surface area contributed by atoms with Gasteiger partial charge in [0.2, 0.25) is 5.88 Å². The molecule has 0 bridgehead atoms. The molecule has 0 atom stereocenters. The summed E-state index contributed by atoms with van der Waals surface area (Å²) in [6, 6.07) is 6.45. The molecule has 4 nitrogen and oxygen atoms in total. The molecule has 0 radical (unpaired) electrons. The van der Waals surface area contributed by atoms with Crippen molar-refractivity contribution >= 4 is 5.97 Å². The van der Waals surface area contributed by atoms with Crippen LogP contribution in [0.1, 0.15) is 51.7 Å². The summed E-state index contributed by atoms with van der Waals surface area (Å²) in [5.41, 5.74) is 2.39. The van der Waals surface area contributed by atoms with Gasteiger partial charge in [-0.05, 0) is 67.1 Å². The minimum atomic E-state index is -0.574. The molecule has 0 aliphatic rings. The van der Waals surface area contributed by atoms with Crippen LogP contribution in [0.15, 0.2) is 30.5 Å². The topological polar surface area (TPSA) is 48.4 Å². The zero-order valence-corrected chi connectivity index (χ0v) is 16.2. The molecule has 1 heterocycles. The molecular weight excluding hydrogens is 333 g/mol. The van der Waals surface area contributed by atoms with E-state index in [4.69, 9.17) is 9.47 Å². The summed E-state index contributed by atoms with van der Waals surface area (Å²) in [6.45, 7) is 9.43. The first kappa shape index (κ1) is 19.9. The van der Waals surface area contributed by atoms with Crippen molar-refractivity contribution < 1.29 is 18.7 Å². The van der Waals surface area contributed by atoms with E-state index in [0.717, 1.165) is 16.7 Å². The Bertz CT molecular complexity index is 794. The number of halogens is 1. The molecule has 0 unspecified atom stereocenters. The van der Waals surface area contributed by atoms with Crippen molar-refractivity contribution in [1.82, 2.24) is 4.98 Å². The first-order valence-electron chi connectivity index (χ1n) is 8.65. The van der Waals surface area contributed by atoms with Crippen molar-refractivity contribution in [3.8, 4) is 17.0 Å². The largest absolute Gasteiger partial charge is 0.481 e. The molecule has 0 saturated carbocycles. The zero-order valence-electron chi connectivity index (χ0n) is 16.2. The van der Waals surface area contributed by atoms with Crippen molar-refractivity contribution in [3.63, 3.8) is 0 Å². The van der Waals surface area contributed by atoms with E-state index in [0.29, 0.717) is 11.4 Å². The van der Waals surface area contributed by atoms with Gasteiger partial charge < -0.3 is 9.47 Å². The van der Waals surface area contributed by atoms with Crippen LogP contribution in [0.4, 0.5) is 4.39 Å². The van der Waals surface area contributed by atoms with Crippen LogP contribution in [0.3, 0.4) is 0 Å². The van der Waals surface area contributed by atoms with Crippen molar-refractivity contribution in [2.24, 2.45) is 0 Å². The smallest absolute Gasteiger partial charge is 0.310 e. The highest BCUT2D eigenvalue weighted by atomic mass is 19.1. The molecule has 0 N–H and O–H groups in total. The summed E-state index contributed by atoms with van der Waals surface area (Å²) in [5.74, 6) is -0.188. The summed E-state index contributed by atoms with van der Waals surface area (Å²) in [7, 11) is 1.53. The normalized spacial score (nSPS) is 11.5. The van der Waals surface area contributed by atoms with E-state index in [1.165, 1.54) is 19.2 Å². The van der Waals surface area contributed by atoms with Gasteiger partial charge in [0.1, 0.15) is 11.4 Å². The molecule has 0 aliphatic heterocycles. The number of aromatic nitrogens is 1. The number of rotatable bonds is 5. The van der Waals surface area contributed by atoms with Gasteiger partial charge in [0.05, 0.1) is 13.5 Å². The number of pyridine rings is 1. The molecule has 2 aromatic rings. The third-order valence-corrected chi connectivity index (χ3v) is 3.87. The second-order valence-electron chi connectivity index (χ2n) is 7.53. The molecule has 2 rings (SSSR count). The first-order valence-corrected chi connectivity index (χ1v) is 8.65. The molecule has 140 valence electrons. The first-order chi connectivity index (χ1) is 12.1. The highest BCUT2D eigenvalue weighted by molar-refractivity contribution is 5.79. The van der Waals surface area contributed by atoms with Crippen LogP contribution in [0.2, 0.25) is 0 Å². The lowest BCUT2D eigenvalue weighted by Crippen LogP contribution is -2.25. The van der Waals surface area contributed by atoms with E-state index in [1.54, 1.807) is 18.3 Å². The second kappa shape index (κ2) is 7.85. The van der Waals surface area contributed by atoms with Gasteiger partial charge in [-0.1, -0.05) is 13.8 Å². The average molecular weight is 359 g/mol. The van der Waals surface area contributed by atoms with Gasteiger partial charge in [0.25, 0.3) is 0 Å².